The summed E-state index contributed by atoms with van der Waals surface area (Å²) in [7, 11) is 0. The number of hydrogen-bond acceptors (Lipinski definition) is 2. The molecular weight excluding hydrogens is 296 g/mol. The second-order valence-electron chi connectivity index (χ2n) is 5.85. The van der Waals surface area contributed by atoms with E-state index in [4.69, 9.17) is 0 Å². The zero-order valence-electron chi connectivity index (χ0n) is 13.3. The van der Waals surface area contributed by atoms with E-state index in [0.29, 0.717) is 0 Å². The van der Waals surface area contributed by atoms with Crippen LogP contribution in [0.1, 0.15) is 21.6 Å². The molecule has 2 aromatic heterocycles. The molecule has 0 aliphatic carbocycles. The van der Waals surface area contributed by atoms with Crippen LogP contribution < -0.4 is 0 Å². The summed E-state index contributed by atoms with van der Waals surface area (Å²) in [5.41, 5.74) is 3.63. The summed E-state index contributed by atoms with van der Waals surface area (Å²) in [5.74, 6) is 0.0137. The largest absolute Gasteiger partial charge is 0.358 e. The molecular formula is C21H16N2O. The number of carbonyl (C=O) groups is 1. The first-order valence-electron chi connectivity index (χ1n) is 7.86. The number of aromatic nitrogens is 2. The molecule has 0 aliphatic heterocycles. The number of hydrogen-bond donors (Lipinski definition) is 1. The molecule has 0 saturated carbocycles. The van der Waals surface area contributed by atoms with E-state index < -0.39 is 0 Å². The number of aryl methyl sites for hydroxylation is 1. The van der Waals surface area contributed by atoms with E-state index in [0.717, 1.165) is 38.5 Å². The minimum atomic E-state index is 0.0137. The number of carbonyl (C=O) groups excluding carboxylic acids is 1. The Labute approximate surface area is 139 Å². The van der Waals surface area contributed by atoms with Crippen molar-refractivity contribution in [2.75, 3.05) is 0 Å². The van der Waals surface area contributed by atoms with Crippen molar-refractivity contribution in [3.05, 3.63) is 83.8 Å². The number of allylic oxidation sites excluding steroid dienone is 1. The van der Waals surface area contributed by atoms with Gasteiger partial charge < -0.3 is 4.98 Å². The van der Waals surface area contributed by atoms with Crippen molar-refractivity contribution in [3.63, 3.8) is 0 Å². The number of pyridine rings is 1. The van der Waals surface area contributed by atoms with Gasteiger partial charge in [-0.1, -0.05) is 36.4 Å². The molecule has 1 N–H and O–H groups in total. The highest BCUT2D eigenvalue weighted by Gasteiger charge is 2.13. The Hall–Kier alpha value is -3.20. The predicted molar refractivity (Wildman–Crippen MR) is 98.1 cm³/mol. The Morgan fingerprint density at radius 2 is 1.96 bits per heavy atom. The SMILES string of the molecule is Cc1[nH]c2ccccc2c1C(=O)/C=C/c1ccc2cnccc2c1. The Balaban J connectivity index is 1.69. The summed E-state index contributed by atoms with van der Waals surface area (Å²) in [6.07, 6.45) is 7.12. The summed E-state index contributed by atoms with van der Waals surface area (Å²) >= 11 is 0. The number of ketones is 1. The number of fused-ring (bicyclic) bond motifs is 2. The highest BCUT2D eigenvalue weighted by molar-refractivity contribution is 6.15. The van der Waals surface area contributed by atoms with E-state index in [1.807, 2.05) is 61.7 Å². The summed E-state index contributed by atoms with van der Waals surface area (Å²) < 4.78 is 0. The van der Waals surface area contributed by atoms with Crippen LogP contribution in [0.25, 0.3) is 27.8 Å². The quantitative estimate of drug-likeness (QED) is 0.431. The molecule has 0 fully saturated rings. The minimum absolute atomic E-state index is 0.0137. The van der Waals surface area contributed by atoms with Crippen LogP contribution in [0.3, 0.4) is 0 Å². The van der Waals surface area contributed by atoms with Gasteiger partial charge in [0.15, 0.2) is 5.78 Å². The molecule has 4 rings (SSSR count). The lowest BCUT2D eigenvalue weighted by molar-refractivity contribution is 0.104. The van der Waals surface area contributed by atoms with Crippen molar-refractivity contribution in [2.24, 2.45) is 0 Å². The van der Waals surface area contributed by atoms with Crippen molar-refractivity contribution in [1.29, 1.82) is 0 Å². The molecule has 2 heterocycles. The van der Waals surface area contributed by atoms with Crippen LogP contribution in [0, 0.1) is 6.92 Å². The fourth-order valence-corrected chi connectivity index (χ4v) is 3.05. The molecule has 0 spiro atoms. The zero-order chi connectivity index (χ0) is 16.5. The van der Waals surface area contributed by atoms with Crippen LogP contribution in [0.15, 0.2) is 67.0 Å². The van der Waals surface area contributed by atoms with E-state index in [-0.39, 0.29) is 5.78 Å². The van der Waals surface area contributed by atoms with Gasteiger partial charge in [-0.25, -0.2) is 0 Å². The van der Waals surface area contributed by atoms with E-state index in [2.05, 4.69) is 16.0 Å². The van der Waals surface area contributed by atoms with E-state index >= 15 is 0 Å². The molecule has 3 heteroatoms. The Morgan fingerprint density at radius 3 is 2.88 bits per heavy atom. The average Bonchev–Trinajstić information content (AvgIpc) is 2.95. The number of nitrogens with one attached hydrogen (secondary N) is 1. The second-order valence-corrected chi connectivity index (χ2v) is 5.85. The van der Waals surface area contributed by atoms with Gasteiger partial charge in [0.1, 0.15) is 0 Å². The Kier molecular flexibility index (Phi) is 3.47. The van der Waals surface area contributed by atoms with Gasteiger partial charge in [0.05, 0.1) is 5.56 Å². The highest BCUT2D eigenvalue weighted by Crippen LogP contribution is 2.23. The molecule has 0 bridgehead atoms. The van der Waals surface area contributed by atoms with Gasteiger partial charge in [0.25, 0.3) is 0 Å². The average molecular weight is 312 g/mol. The molecule has 0 aliphatic rings. The van der Waals surface area contributed by atoms with Gasteiger partial charge in [-0.05, 0) is 42.1 Å². The Morgan fingerprint density at radius 1 is 1.08 bits per heavy atom. The fraction of sp³-hybridized carbons (Fsp3) is 0.0476. The van der Waals surface area contributed by atoms with E-state index in [9.17, 15) is 4.79 Å². The summed E-state index contributed by atoms with van der Waals surface area (Å²) in [4.78, 5) is 20.0. The molecule has 0 saturated heterocycles. The number of aromatic amines is 1. The Bertz CT molecular complexity index is 1090. The molecule has 24 heavy (non-hydrogen) atoms. The normalized spacial score (nSPS) is 11.5. The number of para-hydroxylation sites is 1. The number of rotatable bonds is 3. The monoisotopic (exact) mass is 312 g/mol. The van der Waals surface area contributed by atoms with Crippen LogP contribution in [0.2, 0.25) is 0 Å². The number of benzene rings is 2. The molecule has 0 atom stereocenters. The third-order valence-corrected chi connectivity index (χ3v) is 4.23. The van der Waals surface area contributed by atoms with Crippen molar-refractivity contribution >= 4 is 33.5 Å². The standard InChI is InChI=1S/C21H16N2O/c1-14-21(18-4-2-3-5-19(18)23-14)20(24)9-7-15-6-8-17-13-22-11-10-16(17)12-15/h2-13,23H,1H3/b9-7+. The molecule has 0 unspecified atom stereocenters. The van der Waals surface area contributed by atoms with Gasteiger partial charge >= 0.3 is 0 Å². The van der Waals surface area contributed by atoms with Crippen LogP contribution in [0.4, 0.5) is 0 Å². The molecule has 116 valence electrons. The number of H-pyrrole nitrogens is 1. The smallest absolute Gasteiger partial charge is 0.188 e. The number of nitrogens with zero attached hydrogens (tertiary/aromatic N) is 1. The van der Waals surface area contributed by atoms with Gasteiger partial charge in [-0.15, -0.1) is 0 Å². The van der Waals surface area contributed by atoms with Crippen molar-refractivity contribution < 1.29 is 4.79 Å². The van der Waals surface area contributed by atoms with Crippen molar-refractivity contribution in [1.82, 2.24) is 9.97 Å². The third kappa shape index (κ3) is 2.50. The van der Waals surface area contributed by atoms with Gasteiger partial charge in [-0.3, -0.25) is 9.78 Å². The lowest BCUT2D eigenvalue weighted by Crippen LogP contribution is -1.95. The first-order chi connectivity index (χ1) is 11.7. The van der Waals surface area contributed by atoms with Gasteiger partial charge in [-0.2, -0.15) is 0 Å². The topological polar surface area (TPSA) is 45.8 Å². The van der Waals surface area contributed by atoms with Crippen LogP contribution in [0.5, 0.6) is 0 Å². The van der Waals surface area contributed by atoms with Crippen LogP contribution in [-0.2, 0) is 0 Å². The van der Waals surface area contributed by atoms with Gasteiger partial charge in [0, 0.05) is 34.4 Å². The molecule has 2 aromatic carbocycles. The molecule has 0 amide bonds. The first-order valence-corrected chi connectivity index (χ1v) is 7.86. The summed E-state index contributed by atoms with van der Waals surface area (Å²) in [5, 5.41) is 3.17. The van der Waals surface area contributed by atoms with Gasteiger partial charge in [0.2, 0.25) is 0 Å². The lowest BCUT2D eigenvalue weighted by atomic mass is 10.0. The maximum atomic E-state index is 12.7. The predicted octanol–water partition coefficient (Wildman–Crippen LogP) is 4.92. The summed E-state index contributed by atoms with van der Waals surface area (Å²) in [6, 6.07) is 15.9. The first kappa shape index (κ1) is 14.4. The van der Waals surface area contributed by atoms with E-state index in [1.54, 1.807) is 12.3 Å². The maximum Gasteiger partial charge on any atom is 0.188 e. The highest BCUT2D eigenvalue weighted by atomic mass is 16.1. The maximum absolute atomic E-state index is 12.7. The molecule has 0 radical (unpaired) electrons. The minimum Gasteiger partial charge on any atom is -0.358 e. The van der Waals surface area contributed by atoms with Crippen molar-refractivity contribution in [2.45, 2.75) is 6.92 Å². The third-order valence-electron chi connectivity index (χ3n) is 4.23. The van der Waals surface area contributed by atoms with E-state index in [1.165, 1.54) is 0 Å². The lowest BCUT2D eigenvalue weighted by Gasteiger charge is -1.99. The fourth-order valence-electron chi connectivity index (χ4n) is 3.05. The zero-order valence-corrected chi connectivity index (χ0v) is 13.3. The van der Waals surface area contributed by atoms with Crippen LogP contribution >= 0.6 is 0 Å². The van der Waals surface area contributed by atoms with Crippen molar-refractivity contribution in [3.8, 4) is 0 Å². The molecule has 4 aromatic rings. The molecule has 3 nitrogen and oxygen atoms in total. The second kappa shape index (κ2) is 5.78. The van der Waals surface area contributed by atoms with Crippen LogP contribution in [-0.4, -0.2) is 15.8 Å². The summed E-state index contributed by atoms with van der Waals surface area (Å²) in [6.45, 7) is 1.93.